The van der Waals surface area contributed by atoms with Crippen LogP contribution in [0.1, 0.15) is 38.9 Å². The summed E-state index contributed by atoms with van der Waals surface area (Å²) in [6.45, 7) is 7.57. The number of carbonyl (C=O) groups excluding carboxylic acids is 1. The van der Waals surface area contributed by atoms with Gasteiger partial charge in [-0.2, -0.15) is 0 Å². The van der Waals surface area contributed by atoms with E-state index < -0.39 is 0 Å². The van der Waals surface area contributed by atoms with Crippen LogP contribution in [0.3, 0.4) is 0 Å². The third kappa shape index (κ3) is 6.28. The molecule has 1 N–H and O–H groups in total. The lowest BCUT2D eigenvalue weighted by molar-refractivity contribution is -0.149. The third-order valence-electron chi connectivity index (χ3n) is 4.95. The molecule has 1 saturated heterocycles. The molecule has 0 amide bonds. The summed E-state index contributed by atoms with van der Waals surface area (Å²) in [6, 6.07) is 5.91. The van der Waals surface area contributed by atoms with Crippen LogP contribution in [0.15, 0.2) is 29.4 Å². The van der Waals surface area contributed by atoms with Gasteiger partial charge in [-0.1, -0.05) is 6.07 Å². The molecule has 160 valence electrons. The van der Waals surface area contributed by atoms with E-state index in [9.17, 15) is 4.79 Å². The van der Waals surface area contributed by atoms with Gasteiger partial charge in [0.25, 0.3) is 0 Å². The zero-order valence-electron chi connectivity index (χ0n) is 17.2. The predicted molar refractivity (Wildman–Crippen MR) is 124 cm³/mol. The number of piperidine rings is 1. The van der Waals surface area contributed by atoms with E-state index in [2.05, 4.69) is 27.3 Å². The van der Waals surface area contributed by atoms with Crippen LogP contribution >= 0.6 is 24.0 Å². The Hall–Kier alpha value is -1.91. The zero-order chi connectivity index (χ0) is 19.8. The van der Waals surface area contributed by atoms with Crippen molar-refractivity contribution in [2.24, 2.45) is 10.9 Å². The molecule has 1 aliphatic rings. The number of hydrogen-bond donors (Lipinski definition) is 1. The molecular weight excluding hydrogens is 483 g/mol. The number of rotatable bonds is 7. The zero-order valence-corrected chi connectivity index (χ0v) is 19.5. The number of nitrogens with one attached hydrogen (secondary N) is 1. The standard InChI is InChI=1S/C20H30N6O2.HI/c1-3-21-20(25-14-10-16(11-15-25)19(27)28-4-2)22-12-7-9-18-24-23-17-8-5-6-13-26(17)18;/h5-6,8,13,16H,3-4,7,9-12,14-15H2,1-2H3,(H,21,22);1H. The van der Waals surface area contributed by atoms with Crippen molar-refractivity contribution in [1.82, 2.24) is 24.8 Å². The number of halogens is 1. The van der Waals surface area contributed by atoms with E-state index in [1.807, 2.05) is 35.7 Å². The number of aromatic nitrogens is 3. The van der Waals surface area contributed by atoms with Crippen LogP contribution in [0.25, 0.3) is 5.65 Å². The van der Waals surface area contributed by atoms with Crippen LogP contribution in [-0.4, -0.2) is 64.2 Å². The molecule has 2 aromatic rings. The minimum Gasteiger partial charge on any atom is -0.466 e. The minimum atomic E-state index is -0.0652. The van der Waals surface area contributed by atoms with Crippen molar-refractivity contribution in [2.75, 3.05) is 32.8 Å². The number of fused-ring (bicyclic) bond motifs is 1. The Morgan fingerprint density at radius 2 is 2.07 bits per heavy atom. The number of ether oxygens (including phenoxy) is 1. The molecule has 29 heavy (non-hydrogen) atoms. The fraction of sp³-hybridized carbons (Fsp3) is 0.600. The molecule has 0 aromatic carbocycles. The lowest BCUT2D eigenvalue weighted by Crippen LogP contribution is -2.46. The van der Waals surface area contributed by atoms with E-state index >= 15 is 0 Å². The molecule has 0 bridgehead atoms. The molecule has 0 spiro atoms. The Morgan fingerprint density at radius 1 is 1.28 bits per heavy atom. The summed E-state index contributed by atoms with van der Waals surface area (Å²) in [7, 11) is 0. The Morgan fingerprint density at radius 3 is 2.79 bits per heavy atom. The van der Waals surface area contributed by atoms with Gasteiger partial charge in [-0.15, -0.1) is 34.2 Å². The number of carbonyl (C=O) groups is 1. The molecule has 9 heteroatoms. The molecule has 0 aliphatic carbocycles. The second-order valence-electron chi connectivity index (χ2n) is 6.90. The summed E-state index contributed by atoms with van der Waals surface area (Å²) < 4.78 is 7.18. The van der Waals surface area contributed by atoms with Gasteiger partial charge >= 0.3 is 5.97 Å². The lowest BCUT2D eigenvalue weighted by Gasteiger charge is -2.33. The number of hydrogen-bond acceptors (Lipinski definition) is 5. The highest BCUT2D eigenvalue weighted by molar-refractivity contribution is 14.0. The molecule has 8 nitrogen and oxygen atoms in total. The van der Waals surface area contributed by atoms with Crippen molar-refractivity contribution in [1.29, 1.82) is 0 Å². The molecule has 0 radical (unpaired) electrons. The third-order valence-corrected chi connectivity index (χ3v) is 4.95. The first-order valence-electron chi connectivity index (χ1n) is 10.2. The van der Waals surface area contributed by atoms with Crippen LogP contribution in [0.5, 0.6) is 0 Å². The average Bonchev–Trinajstić information content (AvgIpc) is 3.14. The molecule has 0 unspecified atom stereocenters. The van der Waals surface area contributed by atoms with Gasteiger partial charge in [0.2, 0.25) is 0 Å². The summed E-state index contributed by atoms with van der Waals surface area (Å²) in [5.74, 6) is 1.84. The molecule has 3 heterocycles. The maximum Gasteiger partial charge on any atom is 0.309 e. The van der Waals surface area contributed by atoms with Crippen molar-refractivity contribution in [3.8, 4) is 0 Å². The van der Waals surface area contributed by atoms with Crippen molar-refractivity contribution in [2.45, 2.75) is 39.5 Å². The van der Waals surface area contributed by atoms with Crippen LogP contribution in [-0.2, 0) is 16.0 Å². The first-order valence-corrected chi connectivity index (χ1v) is 10.2. The summed E-state index contributed by atoms with van der Waals surface area (Å²) in [5, 5.41) is 11.8. The summed E-state index contributed by atoms with van der Waals surface area (Å²) in [5.41, 5.74) is 0.874. The van der Waals surface area contributed by atoms with Crippen molar-refractivity contribution >= 4 is 41.6 Å². The normalized spacial score (nSPS) is 15.2. The Kier molecular flexibility index (Phi) is 9.62. The fourth-order valence-electron chi connectivity index (χ4n) is 3.50. The van der Waals surface area contributed by atoms with E-state index in [1.165, 1.54) is 0 Å². The van der Waals surface area contributed by atoms with Gasteiger partial charge in [-0.3, -0.25) is 14.2 Å². The van der Waals surface area contributed by atoms with E-state index in [4.69, 9.17) is 9.73 Å². The molecule has 3 rings (SSSR count). The van der Waals surface area contributed by atoms with E-state index in [0.29, 0.717) is 6.61 Å². The Balaban J connectivity index is 0.00000300. The van der Waals surface area contributed by atoms with Gasteiger partial charge in [0.15, 0.2) is 11.6 Å². The molecule has 2 aromatic heterocycles. The first-order chi connectivity index (χ1) is 13.7. The van der Waals surface area contributed by atoms with Crippen molar-refractivity contribution < 1.29 is 9.53 Å². The summed E-state index contributed by atoms with van der Waals surface area (Å²) in [6.07, 6.45) is 5.36. The SMILES string of the molecule is CCNC(=NCCCc1nnc2ccccn12)N1CCC(C(=O)OCC)CC1.I. The maximum absolute atomic E-state index is 11.9. The molecular formula is C20H31IN6O2. The van der Waals surface area contributed by atoms with Gasteiger partial charge in [0.05, 0.1) is 12.5 Å². The number of aliphatic imine (C=N–C) groups is 1. The molecule has 1 fully saturated rings. The Bertz CT molecular complexity index is 801. The second-order valence-corrected chi connectivity index (χ2v) is 6.90. The topological polar surface area (TPSA) is 84.1 Å². The summed E-state index contributed by atoms with van der Waals surface area (Å²) in [4.78, 5) is 18.9. The highest BCUT2D eigenvalue weighted by atomic mass is 127. The van der Waals surface area contributed by atoms with Crippen molar-refractivity contribution in [3.05, 3.63) is 30.2 Å². The number of pyridine rings is 1. The number of esters is 1. The minimum absolute atomic E-state index is 0. The van der Waals surface area contributed by atoms with E-state index in [-0.39, 0.29) is 35.9 Å². The monoisotopic (exact) mass is 514 g/mol. The Labute approximate surface area is 189 Å². The largest absolute Gasteiger partial charge is 0.466 e. The average molecular weight is 514 g/mol. The summed E-state index contributed by atoms with van der Waals surface area (Å²) >= 11 is 0. The number of guanidine groups is 1. The fourth-order valence-corrected chi connectivity index (χ4v) is 3.50. The van der Waals surface area contributed by atoms with Gasteiger partial charge in [0, 0.05) is 38.8 Å². The number of likely N-dealkylation sites (tertiary alicyclic amines) is 1. The van der Waals surface area contributed by atoms with Gasteiger partial charge in [-0.25, -0.2) is 0 Å². The van der Waals surface area contributed by atoms with Crippen molar-refractivity contribution in [3.63, 3.8) is 0 Å². The van der Waals surface area contributed by atoms with Crippen LogP contribution in [0, 0.1) is 5.92 Å². The highest BCUT2D eigenvalue weighted by Crippen LogP contribution is 2.18. The maximum atomic E-state index is 11.9. The quantitative estimate of drug-likeness (QED) is 0.201. The van der Waals surface area contributed by atoms with Gasteiger partial charge < -0.3 is 15.0 Å². The van der Waals surface area contributed by atoms with Gasteiger partial charge in [-0.05, 0) is 45.2 Å². The van der Waals surface area contributed by atoms with Crippen LogP contribution in [0.2, 0.25) is 0 Å². The predicted octanol–water partition coefficient (Wildman–Crippen LogP) is 2.52. The first kappa shape index (κ1) is 23.4. The van der Waals surface area contributed by atoms with E-state index in [1.54, 1.807) is 0 Å². The molecule has 1 aliphatic heterocycles. The number of nitrogens with zero attached hydrogens (tertiary/aromatic N) is 5. The van der Waals surface area contributed by atoms with Gasteiger partial charge in [0.1, 0.15) is 5.82 Å². The molecule has 0 atom stereocenters. The van der Waals surface area contributed by atoms with E-state index in [0.717, 1.165) is 69.3 Å². The van der Waals surface area contributed by atoms with Crippen LogP contribution < -0.4 is 5.32 Å². The smallest absolute Gasteiger partial charge is 0.309 e. The second kappa shape index (κ2) is 11.9. The highest BCUT2D eigenvalue weighted by Gasteiger charge is 2.27. The molecule has 0 saturated carbocycles. The van der Waals surface area contributed by atoms with Crippen LogP contribution in [0.4, 0.5) is 0 Å². The number of aryl methyl sites for hydroxylation is 1. The lowest BCUT2D eigenvalue weighted by atomic mass is 9.97.